The zero-order chi connectivity index (χ0) is 53.8. The van der Waals surface area contributed by atoms with Crippen LogP contribution in [0.5, 0.6) is 0 Å². The summed E-state index contributed by atoms with van der Waals surface area (Å²) in [5.41, 5.74) is 1.57. The number of aliphatic hydroxyl groups is 10. The van der Waals surface area contributed by atoms with E-state index in [1.807, 2.05) is 31.2 Å². The molecule has 73 heavy (non-hydrogen) atoms. The second kappa shape index (κ2) is 29.4. The predicted molar refractivity (Wildman–Crippen MR) is 265 cm³/mol. The zero-order valence-electron chi connectivity index (χ0n) is 44.7. The molecule has 4 aliphatic carbocycles. The van der Waals surface area contributed by atoms with Crippen molar-refractivity contribution in [3.8, 4) is 0 Å². The molecule has 21 nitrogen and oxygen atoms in total. The van der Waals surface area contributed by atoms with Crippen molar-refractivity contribution < 1.29 is 93.7 Å². The molecule has 0 radical (unpaired) electrons. The highest BCUT2D eigenvalue weighted by atomic mass is 16.6. The highest BCUT2D eigenvalue weighted by Crippen LogP contribution is 2.48. The van der Waals surface area contributed by atoms with E-state index < -0.39 is 151 Å². The van der Waals surface area contributed by atoms with Gasteiger partial charge in [0.15, 0.2) is 0 Å². The van der Waals surface area contributed by atoms with E-state index in [1.54, 1.807) is 28.4 Å². The Morgan fingerprint density at radius 1 is 0.288 bits per heavy atom. The lowest BCUT2D eigenvalue weighted by Gasteiger charge is -2.59. The first kappa shape index (κ1) is 62.2. The third-order valence-corrected chi connectivity index (χ3v) is 18.3. The fourth-order valence-electron chi connectivity index (χ4n) is 14.9. The Morgan fingerprint density at radius 3 is 0.781 bits per heavy atom. The topological polar surface area (TPSA) is 292 Å². The lowest BCUT2D eigenvalue weighted by atomic mass is 9.63. The lowest BCUT2D eigenvalue weighted by Crippen LogP contribution is -2.72. The van der Waals surface area contributed by atoms with Crippen molar-refractivity contribution in [1.29, 1.82) is 0 Å². The number of aliphatic hydroxyl groups excluding tert-OH is 10. The molecule has 5 rings (SSSR count). The summed E-state index contributed by atoms with van der Waals surface area (Å²) in [6, 6.07) is 5.03. The van der Waals surface area contributed by atoms with E-state index >= 15 is 0 Å². The van der Waals surface area contributed by atoms with Crippen LogP contribution in [0, 0.1) is 65.1 Å². The summed E-state index contributed by atoms with van der Waals surface area (Å²) in [5, 5.41) is 111. The maximum atomic E-state index is 11.4. The largest absolute Gasteiger partial charge is 0.396 e. The van der Waals surface area contributed by atoms with E-state index in [2.05, 4.69) is 9.80 Å². The Morgan fingerprint density at radius 2 is 0.507 bits per heavy atom. The molecule has 0 saturated heterocycles. The third-order valence-electron chi connectivity index (χ3n) is 18.3. The van der Waals surface area contributed by atoms with Gasteiger partial charge in [0.1, 0.15) is 12.2 Å². The molecule has 0 aromatic heterocycles. The van der Waals surface area contributed by atoms with Gasteiger partial charge in [0.2, 0.25) is 0 Å². The highest BCUT2D eigenvalue weighted by Gasteiger charge is 2.61. The smallest absolute Gasteiger partial charge is 0.111 e. The highest BCUT2D eigenvalue weighted by molar-refractivity contribution is 5.25. The van der Waals surface area contributed by atoms with Gasteiger partial charge in [-0.2, -0.15) is 0 Å². The molecule has 0 heterocycles. The summed E-state index contributed by atoms with van der Waals surface area (Å²) in [4.78, 5) is 4.25. The molecule has 0 amide bonds. The number of nitrogens with zero attached hydrogens (tertiary/aromatic N) is 2. The molecule has 10 N–H and O–H groups in total. The molecule has 0 aliphatic heterocycles. The lowest BCUT2D eigenvalue weighted by molar-refractivity contribution is -0.232. The molecular weight excluding hydrogens is 957 g/mol. The van der Waals surface area contributed by atoms with Crippen molar-refractivity contribution in [3.05, 3.63) is 35.4 Å². The van der Waals surface area contributed by atoms with Gasteiger partial charge in [0, 0.05) is 221 Å². The number of methoxy groups -OCH3 is 9. The molecule has 0 unspecified atom stereocenters. The van der Waals surface area contributed by atoms with Crippen LogP contribution < -0.4 is 0 Å². The average molecular weight is 1050 g/mol. The van der Waals surface area contributed by atoms with Gasteiger partial charge in [-0.25, -0.2) is 0 Å². The first-order valence-electron chi connectivity index (χ1n) is 25.8. The molecule has 1 aromatic rings. The van der Waals surface area contributed by atoms with Crippen LogP contribution in [-0.4, -0.2) is 270 Å². The molecule has 4 fully saturated rings. The molecule has 0 spiro atoms. The third kappa shape index (κ3) is 11.9. The second-order valence-corrected chi connectivity index (χ2v) is 20.7. The summed E-state index contributed by atoms with van der Waals surface area (Å²) in [6.45, 7) is -1.29. The van der Waals surface area contributed by atoms with Crippen LogP contribution >= 0.6 is 0 Å². The van der Waals surface area contributed by atoms with Crippen molar-refractivity contribution in [3.63, 3.8) is 0 Å². The monoisotopic (exact) mass is 1050 g/mol. The molecule has 24 atom stereocenters. The van der Waals surface area contributed by atoms with E-state index in [0.717, 1.165) is 11.1 Å². The molecule has 0 bridgehead atoms. The number of ether oxygens (including phenoxy) is 9. The van der Waals surface area contributed by atoms with E-state index in [9.17, 15) is 51.1 Å². The minimum Gasteiger partial charge on any atom is -0.396 e. The van der Waals surface area contributed by atoms with Gasteiger partial charge in [-0.05, 0) is 23.0 Å². The number of benzene rings is 1. The summed E-state index contributed by atoms with van der Waals surface area (Å²) < 4.78 is 55.4. The first-order valence-corrected chi connectivity index (χ1v) is 25.8. The SMILES string of the molecule is CO[C@H]1[C@@H](OC)[C@H](N(Cc2ccc(CN([C@@H]3[C@@H](CO)[C@H](CO)[C@H](CO)[C@@H](OC)[C@H]3OC)[C@H]3[C@H](CO)[C@H](CO)[C@@H](CO)[C@@H](OC)[C@@H]3OC)cc2)[C@H]2[C@H](CO)[C@H](CO)[C@@H](OC)[C@@H](C)[C@@H]2OC)[C@@H](CO)[C@H](CO)[C@@H]1OC. The quantitative estimate of drug-likeness (QED) is 0.0443. The Labute approximate surface area is 432 Å². The number of hydrogen-bond donors (Lipinski definition) is 10. The Hall–Kier alpha value is -1.62. The fraction of sp³-hybridized carbons (Fsp3) is 0.885. The maximum Gasteiger partial charge on any atom is 0.111 e. The average Bonchev–Trinajstić information content (AvgIpc) is 3.42. The standard InChI is InChI=1S/C52H92N2O19/c1-27-44(65-2)38(25-63)34(21-59)40(45(27)66-3)53(43-35(22-60)39(26-64)48(69-6)52(73-10)51(43)72-9)15-28-11-13-29(14-12-28)16-54(41-32(19-57)30(17-55)36(23-61)46(67-4)49(41)70-7)42-33(20-58)31(18-56)37(24-62)47(68-5)50(42)71-8/h11-14,27,30-52,55-64H,15-26H2,1-10H3/t27-,30+,31+,32-,33+,34-,35+,36-,37+,38+,39+,40+,41+,42-,43-,44+,45+,46-,47-,48+,49-,50+,51+,52-/m1/s1. The summed E-state index contributed by atoms with van der Waals surface area (Å²) in [7, 11) is 13.9. The summed E-state index contributed by atoms with van der Waals surface area (Å²) in [6.07, 6.45) is -6.23. The minimum atomic E-state index is -0.803. The van der Waals surface area contributed by atoms with Crippen molar-refractivity contribution >= 4 is 0 Å². The molecule has 21 heteroatoms. The fourth-order valence-corrected chi connectivity index (χ4v) is 14.9. The van der Waals surface area contributed by atoms with E-state index in [-0.39, 0.29) is 71.9 Å². The van der Waals surface area contributed by atoms with Crippen LogP contribution in [-0.2, 0) is 55.7 Å². The van der Waals surface area contributed by atoms with Gasteiger partial charge >= 0.3 is 0 Å². The minimum absolute atomic E-state index is 0.144. The van der Waals surface area contributed by atoms with Crippen molar-refractivity contribution in [2.45, 2.75) is 99.1 Å². The molecule has 424 valence electrons. The Kier molecular flexibility index (Phi) is 25.0. The molecule has 4 saturated carbocycles. The van der Waals surface area contributed by atoms with Gasteiger partial charge < -0.3 is 93.7 Å². The van der Waals surface area contributed by atoms with Crippen LogP contribution in [0.25, 0.3) is 0 Å². The van der Waals surface area contributed by atoms with Crippen LogP contribution in [0.4, 0.5) is 0 Å². The number of hydrogen-bond acceptors (Lipinski definition) is 21. The van der Waals surface area contributed by atoms with Gasteiger partial charge in [-0.15, -0.1) is 0 Å². The number of rotatable bonds is 27. The first-order chi connectivity index (χ1) is 35.4. The van der Waals surface area contributed by atoms with Crippen LogP contribution in [0.1, 0.15) is 18.1 Å². The molecule has 1 aromatic carbocycles. The Bertz CT molecular complexity index is 1600. The molecular formula is C52H92N2O19. The van der Waals surface area contributed by atoms with Crippen molar-refractivity contribution in [2.24, 2.45) is 65.1 Å². The molecule has 4 aliphatic rings. The summed E-state index contributed by atoms with van der Waals surface area (Å²) >= 11 is 0. The van der Waals surface area contributed by atoms with Crippen LogP contribution in [0.2, 0.25) is 0 Å². The van der Waals surface area contributed by atoms with E-state index in [1.165, 1.54) is 35.5 Å². The predicted octanol–water partition coefficient (Wildman–Crippen LogP) is -2.32. The van der Waals surface area contributed by atoms with Crippen LogP contribution in [0.15, 0.2) is 24.3 Å². The van der Waals surface area contributed by atoms with Crippen molar-refractivity contribution in [2.75, 3.05) is 130 Å². The van der Waals surface area contributed by atoms with E-state index in [4.69, 9.17) is 42.6 Å². The van der Waals surface area contributed by atoms with E-state index in [0.29, 0.717) is 0 Å². The van der Waals surface area contributed by atoms with Crippen LogP contribution in [0.3, 0.4) is 0 Å². The summed E-state index contributed by atoms with van der Waals surface area (Å²) in [5.74, 6) is -6.62. The Balaban J connectivity index is 1.72. The van der Waals surface area contributed by atoms with Gasteiger partial charge in [0.05, 0.1) is 42.7 Å². The van der Waals surface area contributed by atoms with Gasteiger partial charge in [-0.1, -0.05) is 31.2 Å². The van der Waals surface area contributed by atoms with Gasteiger partial charge in [-0.3, -0.25) is 9.80 Å². The van der Waals surface area contributed by atoms with Gasteiger partial charge in [0.25, 0.3) is 0 Å². The van der Waals surface area contributed by atoms with Crippen molar-refractivity contribution in [1.82, 2.24) is 9.80 Å². The zero-order valence-corrected chi connectivity index (χ0v) is 44.7. The maximum absolute atomic E-state index is 11.4. The second-order valence-electron chi connectivity index (χ2n) is 20.7. The normalized spacial score (nSPS) is 41.5.